The maximum Gasteiger partial charge on any atom is 0.246 e. The van der Waals surface area contributed by atoms with Crippen LogP contribution in [-0.4, -0.2) is 31.4 Å². The van der Waals surface area contributed by atoms with Crippen molar-refractivity contribution in [1.82, 2.24) is 14.5 Å². The summed E-state index contributed by atoms with van der Waals surface area (Å²) in [5.41, 5.74) is 1.13. The second-order valence-corrected chi connectivity index (χ2v) is 8.75. The van der Waals surface area contributed by atoms with Gasteiger partial charge in [-0.05, 0) is 44.4 Å². The number of ether oxygens (including phenoxy) is 2. The number of nitrogens with one attached hydrogen (secondary N) is 1. The van der Waals surface area contributed by atoms with Gasteiger partial charge >= 0.3 is 0 Å². The summed E-state index contributed by atoms with van der Waals surface area (Å²) >= 11 is 6.17. The van der Waals surface area contributed by atoms with Crippen molar-refractivity contribution >= 4 is 21.6 Å². The van der Waals surface area contributed by atoms with E-state index in [2.05, 4.69) is 9.82 Å². The van der Waals surface area contributed by atoms with E-state index < -0.39 is 16.1 Å². The highest BCUT2D eigenvalue weighted by Crippen LogP contribution is 2.34. The first kappa shape index (κ1) is 22.5. The van der Waals surface area contributed by atoms with Gasteiger partial charge in [0, 0.05) is 13.1 Å². The molecule has 0 aliphatic heterocycles. The molecule has 1 atom stereocenters. The van der Waals surface area contributed by atoms with Crippen molar-refractivity contribution in [1.29, 1.82) is 0 Å². The van der Waals surface area contributed by atoms with Crippen LogP contribution in [0.1, 0.15) is 45.0 Å². The van der Waals surface area contributed by atoms with E-state index >= 15 is 0 Å². The minimum absolute atomic E-state index is 0.00159. The molecule has 156 valence electrons. The molecule has 0 aliphatic carbocycles. The molecule has 0 aliphatic rings. The molecule has 0 saturated carbocycles. The predicted molar refractivity (Wildman–Crippen MR) is 110 cm³/mol. The van der Waals surface area contributed by atoms with E-state index in [1.54, 1.807) is 20.0 Å². The van der Waals surface area contributed by atoms with Gasteiger partial charge in [0.25, 0.3) is 0 Å². The quantitative estimate of drug-likeness (QED) is 0.654. The van der Waals surface area contributed by atoms with Gasteiger partial charge in [0.15, 0.2) is 11.5 Å². The molecule has 2 rings (SSSR count). The van der Waals surface area contributed by atoms with Crippen LogP contribution in [0, 0.1) is 12.8 Å². The van der Waals surface area contributed by atoms with E-state index in [9.17, 15) is 8.42 Å². The summed E-state index contributed by atoms with van der Waals surface area (Å²) in [5, 5.41) is 4.18. The lowest BCUT2D eigenvalue weighted by Crippen LogP contribution is -2.32. The van der Waals surface area contributed by atoms with Gasteiger partial charge in [-0.25, -0.2) is 13.1 Å². The summed E-state index contributed by atoms with van der Waals surface area (Å²) < 4.78 is 41.5. The summed E-state index contributed by atoms with van der Waals surface area (Å²) in [5.74, 6) is 1.20. The number of halogens is 1. The van der Waals surface area contributed by atoms with E-state index in [0.29, 0.717) is 30.4 Å². The molecule has 1 aromatic carbocycles. The molecule has 1 unspecified atom stereocenters. The standard InChI is InChI=1S/C19H28ClN3O4S/c1-7-26-15-10-9-14(11-16(15)27-8-2)17(12(3)4)22-28(24,25)18-13(5)21-23(6)19(18)20/h9-12,17,22H,7-8H2,1-6H3. The molecule has 2 aromatic rings. The monoisotopic (exact) mass is 429 g/mol. The third kappa shape index (κ3) is 4.79. The largest absolute Gasteiger partial charge is 0.490 e. The molecular weight excluding hydrogens is 402 g/mol. The number of hydrogen-bond donors (Lipinski definition) is 1. The second-order valence-electron chi connectivity index (χ2n) is 6.74. The summed E-state index contributed by atoms with van der Waals surface area (Å²) in [6.07, 6.45) is 0. The summed E-state index contributed by atoms with van der Waals surface area (Å²) in [7, 11) is -2.27. The van der Waals surface area contributed by atoms with E-state index in [1.165, 1.54) is 4.68 Å². The van der Waals surface area contributed by atoms with Crippen LogP contribution >= 0.6 is 11.6 Å². The maximum atomic E-state index is 13.1. The van der Waals surface area contributed by atoms with E-state index in [0.717, 1.165) is 5.56 Å². The lowest BCUT2D eigenvalue weighted by molar-refractivity contribution is 0.287. The van der Waals surface area contributed by atoms with Crippen LogP contribution in [-0.2, 0) is 17.1 Å². The second kappa shape index (κ2) is 9.15. The fourth-order valence-electron chi connectivity index (χ4n) is 2.99. The normalized spacial score (nSPS) is 13.0. The molecule has 0 amide bonds. The Bertz CT molecular complexity index is 926. The Morgan fingerprint density at radius 3 is 2.29 bits per heavy atom. The molecule has 0 spiro atoms. The molecule has 0 bridgehead atoms. The smallest absolute Gasteiger partial charge is 0.246 e. The Hall–Kier alpha value is -1.77. The highest BCUT2D eigenvalue weighted by Gasteiger charge is 2.30. The van der Waals surface area contributed by atoms with Gasteiger partial charge < -0.3 is 9.47 Å². The molecule has 28 heavy (non-hydrogen) atoms. The predicted octanol–water partition coefficient (Wildman–Crippen LogP) is 3.85. The Morgan fingerprint density at radius 1 is 1.18 bits per heavy atom. The fourth-order valence-corrected chi connectivity index (χ4v) is 5.12. The first-order valence-corrected chi connectivity index (χ1v) is 11.1. The third-order valence-corrected chi connectivity index (χ3v) is 6.38. The van der Waals surface area contributed by atoms with Crippen LogP contribution in [0.3, 0.4) is 0 Å². The molecule has 1 aromatic heterocycles. The van der Waals surface area contributed by atoms with Gasteiger partial charge in [-0.15, -0.1) is 0 Å². The molecule has 0 radical (unpaired) electrons. The number of benzene rings is 1. The number of hydrogen-bond acceptors (Lipinski definition) is 5. The number of aryl methyl sites for hydroxylation is 2. The van der Waals surface area contributed by atoms with Crippen LogP contribution in [0.5, 0.6) is 11.5 Å². The molecule has 7 nitrogen and oxygen atoms in total. The number of nitrogens with zero attached hydrogens (tertiary/aromatic N) is 2. The van der Waals surface area contributed by atoms with E-state index in [4.69, 9.17) is 21.1 Å². The van der Waals surface area contributed by atoms with Crippen LogP contribution in [0.4, 0.5) is 0 Å². The van der Waals surface area contributed by atoms with Gasteiger partial charge in [-0.3, -0.25) is 4.68 Å². The average molecular weight is 430 g/mol. The maximum absolute atomic E-state index is 13.1. The third-order valence-electron chi connectivity index (χ3n) is 4.24. The van der Waals surface area contributed by atoms with Crippen molar-refractivity contribution in [2.24, 2.45) is 13.0 Å². The summed E-state index contributed by atoms with van der Waals surface area (Å²) in [6.45, 7) is 10.3. The minimum atomic E-state index is -3.88. The zero-order valence-corrected chi connectivity index (χ0v) is 18.7. The van der Waals surface area contributed by atoms with Gasteiger partial charge in [-0.1, -0.05) is 31.5 Å². The number of rotatable bonds is 9. The van der Waals surface area contributed by atoms with Crippen LogP contribution in [0.2, 0.25) is 5.15 Å². The van der Waals surface area contributed by atoms with Crippen molar-refractivity contribution in [2.45, 2.75) is 45.6 Å². The molecule has 0 fully saturated rings. The molecule has 0 saturated heterocycles. The van der Waals surface area contributed by atoms with Crippen LogP contribution in [0.15, 0.2) is 23.1 Å². The van der Waals surface area contributed by atoms with Gasteiger partial charge in [0.2, 0.25) is 10.0 Å². The molecule has 1 N–H and O–H groups in total. The highest BCUT2D eigenvalue weighted by atomic mass is 35.5. The zero-order valence-electron chi connectivity index (χ0n) is 17.1. The number of sulfonamides is 1. The summed E-state index contributed by atoms with van der Waals surface area (Å²) in [4.78, 5) is -0.00159. The van der Waals surface area contributed by atoms with E-state index in [-0.39, 0.29) is 16.0 Å². The Labute approximate surface area is 172 Å². The van der Waals surface area contributed by atoms with Crippen molar-refractivity contribution < 1.29 is 17.9 Å². The molecule has 9 heteroatoms. The van der Waals surface area contributed by atoms with E-state index in [1.807, 2.05) is 39.8 Å². The number of aromatic nitrogens is 2. The lowest BCUT2D eigenvalue weighted by Gasteiger charge is -2.24. The Morgan fingerprint density at radius 2 is 1.79 bits per heavy atom. The van der Waals surface area contributed by atoms with Crippen molar-refractivity contribution in [2.75, 3.05) is 13.2 Å². The van der Waals surface area contributed by atoms with Gasteiger partial charge in [-0.2, -0.15) is 5.10 Å². The van der Waals surface area contributed by atoms with Gasteiger partial charge in [0.05, 0.1) is 18.9 Å². The van der Waals surface area contributed by atoms with Crippen molar-refractivity contribution in [3.63, 3.8) is 0 Å². The van der Waals surface area contributed by atoms with Crippen LogP contribution < -0.4 is 14.2 Å². The fraction of sp³-hybridized carbons (Fsp3) is 0.526. The molecular formula is C19H28ClN3O4S. The first-order valence-electron chi connectivity index (χ1n) is 9.23. The summed E-state index contributed by atoms with van der Waals surface area (Å²) in [6, 6.07) is 4.99. The first-order chi connectivity index (χ1) is 13.1. The Kier molecular flexibility index (Phi) is 7.36. The van der Waals surface area contributed by atoms with Crippen LogP contribution in [0.25, 0.3) is 0 Å². The topological polar surface area (TPSA) is 82.5 Å². The Balaban J connectivity index is 2.44. The SMILES string of the molecule is CCOc1ccc(C(NS(=O)(=O)c2c(C)nn(C)c2Cl)C(C)C)cc1OCC. The van der Waals surface area contributed by atoms with Crippen molar-refractivity contribution in [3.05, 3.63) is 34.6 Å². The highest BCUT2D eigenvalue weighted by molar-refractivity contribution is 7.89. The minimum Gasteiger partial charge on any atom is -0.490 e. The van der Waals surface area contributed by atoms with Gasteiger partial charge in [0.1, 0.15) is 10.0 Å². The average Bonchev–Trinajstić information content (AvgIpc) is 2.87. The molecule has 1 heterocycles. The lowest BCUT2D eigenvalue weighted by atomic mass is 9.97. The zero-order chi connectivity index (χ0) is 21.1. The van der Waals surface area contributed by atoms with Crippen molar-refractivity contribution in [3.8, 4) is 11.5 Å².